The van der Waals surface area contributed by atoms with Gasteiger partial charge in [0, 0.05) is 0 Å². The molecule has 0 saturated heterocycles. The molecule has 2 aromatic heterocycles. The molecular formula is C35H62S2Sn. The summed E-state index contributed by atoms with van der Waals surface area (Å²) in [6, 6.07) is 5.10. The Hall–Kier alpha value is 0.199. The molecule has 0 unspecified atom stereocenters. The van der Waals surface area contributed by atoms with Crippen LogP contribution in [0.25, 0.3) is 9.75 Å². The van der Waals surface area contributed by atoms with Gasteiger partial charge in [0.05, 0.1) is 0 Å². The predicted molar refractivity (Wildman–Crippen MR) is 182 cm³/mol. The molecule has 218 valence electrons. The zero-order valence-electron chi connectivity index (χ0n) is 26.1. The molecule has 0 aliphatic rings. The molecular weight excluding hydrogens is 603 g/mol. The van der Waals surface area contributed by atoms with Crippen molar-refractivity contribution in [2.45, 2.75) is 170 Å². The van der Waals surface area contributed by atoms with Crippen LogP contribution >= 0.6 is 22.7 Å². The van der Waals surface area contributed by atoms with Gasteiger partial charge in [0.2, 0.25) is 0 Å². The predicted octanol–water partition coefficient (Wildman–Crippen LogP) is 12.9. The molecule has 0 aliphatic heterocycles. The number of hydrogen-bond donors (Lipinski definition) is 0. The number of aryl methyl sites for hydroxylation is 2. The molecule has 0 aromatic carbocycles. The summed E-state index contributed by atoms with van der Waals surface area (Å²) in [6.45, 7) is 4.62. The van der Waals surface area contributed by atoms with E-state index >= 15 is 0 Å². The maximum absolute atomic E-state index is 2.66. The number of thiophene rings is 2. The first-order chi connectivity index (χ1) is 18.5. The number of hydrogen-bond acceptors (Lipinski definition) is 2. The monoisotopic (exact) mass is 666 g/mol. The molecule has 0 bridgehead atoms. The molecule has 0 atom stereocenters. The smallest absolute Gasteiger partial charge is 0.0654 e. The summed E-state index contributed by atoms with van der Waals surface area (Å²) in [5, 5.41) is 2.37. The zero-order valence-corrected chi connectivity index (χ0v) is 30.6. The molecule has 0 aliphatic carbocycles. The SMILES string of the molecule is CCCCCCCCCCCCc1ccsc1-c1s[c]([Sn]([CH3])([CH3])[CH3])cc1CCCCCCCCCCCC. The van der Waals surface area contributed by atoms with E-state index in [1.807, 2.05) is 11.3 Å². The molecule has 0 fully saturated rings. The van der Waals surface area contributed by atoms with Crippen molar-refractivity contribution in [3.05, 3.63) is 28.6 Å². The first-order valence-electron chi connectivity index (χ1n) is 16.7. The van der Waals surface area contributed by atoms with Gasteiger partial charge in [0.1, 0.15) is 0 Å². The summed E-state index contributed by atoms with van der Waals surface area (Å²) in [6.07, 6.45) is 31.1. The minimum Gasteiger partial charge on any atom is -0.0654 e. The average molecular weight is 666 g/mol. The molecule has 2 heterocycles. The Balaban J connectivity index is 1.80. The average Bonchev–Trinajstić information content (AvgIpc) is 3.53. The van der Waals surface area contributed by atoms with Crippen LogP contribution < -0.4 is 2.89 Å². The van der Waals surface area contributed by atoms with Gasteiger partial charge in [0.15, 0.2) is 0 Å². The molecule has 38 heavy (non-hydrogen) atoms. The van der Waals surface area contributed by atoms with Crippen molar-refractivity contribution in [3.63, 3.8) is 0 Å². The van der Waals surface area contributed by atoms with E-state index in [1.54, 1.807) is 23.8 Å². The quantitative estimate of drug-likeness (QED) is 0.0773. The van der Waals surface area contributed by atoms with E-state index in [0.29, 0.717) is 0 Å². The summed E-state index contributed by atoms with van der Waals surface area (Å²) in [5.41, 5.74) is 3.32. The Labute approximate surface area is 250 Å². The van der Waals surface area contributed by atoms with Crippen molar-refractivity contribution in [2.24, 2.45) is 0 Å². The van der Waals surface area contributed by atoms with E-state index in [0.717, 1.165) is 0 Å². The maximum atomic E-state index is 2.66. The fraction of sp³-hybridized carbons (Fsp3) is 0.771. The van der Waals surface area contributed by atoms with Crippen molar-refractivity contribution in [1.82, 2.24) is 0 Å². The van der Waals surface area contributed by atoms with E-state index in [9.17, 15) is 0 Å². The fourth-order valence-electron chi connectivity index (χ4n) is 5.51. The van der Waals surface area contributed by atoms with Gasteiger partial charge in [-0.05, 0) is 0 Å². The van der Waals surface area contributed by atoms with Gasteiger partial charge in [0.25, 0.3) is 0 Å². The van der Waals surface area contributed by atoms with Crippen molar-refractivity contribution < 1.29 is 0 Å². The van der Waals surface area contributed by atoms with Gasteiger partial charge < -0.3 is 0 Å². The zero-order chi connectivity index (χ0) is 27.5. The second-order valence-corrected chi connectivity index (χ2v) is 30.2. The minimum atomic E-state index is -2.07. The summed E-state index contributed by atoms with van der Waals surface area (Å²) < 4.78 is 1.77. The van der Waals surface area contributed by atoms with Gasteiger partial charge in [-0.1, -0.05) is 52.4 Å². The van der Waals surface area contributed by atoms with Gasteiger partial charge >= 0.3 is 200 Å². The normalized spacial score (nSPS) is 12.0. The molecule has 0 N–H and O–H groups in total. The van der Waals surface area contributed by atoms with Crippen LogP contribution in [0.2, 0.25) is 14.8 Å². The Morgan fingerprint density at radius 3 is 1.39 bits per heavy atom. The van der Waals surface area contributed by atoms with Crippen molar-refractivity contribution >= 4 is 43.9 Å². The second-order valence-electron chi connectivity index (χ2n) is 12.9. The Morgan fingerprint density at radius 2 is 0.947 bits per heavy atom. The molecule has 2 aromatic rings. The molecule has 0 nitrogen and oxygen atoms in total. The van der Waals surface area contributed by atoms with Crippen molar-refractivity contribution in [3.8, 4) is 9.75 Å². The first kappa shape index (κ1) is 34.4. The molecule has 0 amide bonds. The summed E-state index contributed by atoms with van der Waals surface area (Å²) in [7, 11) is 0. The Morgan fingerprint density at radius 1 is 0.526 bits per heavy atom. The van der Waals surface area contributed by atoms with Crippen LogP contribution in [0.4, 0.5) is 0 Å². The molecule has 0 saturated carbocycles. The van der Waals surface area contributed by atoms with Gasteiger partial charge in [-0.25, -0.2) is 0 Å². The molecule has 2 rings (SSSR count). The topological polar surface area (TPSA) is 0 Å². The van der Waals surface area contributed by atoms with Crippen LogP contribution in [0, 0.1) is 0 Å². The standard InChI is InChI=1S/C32H53S2.3CH3.Sn/c1-3-5-7-9-11-13-15-17-19-21-23-29-25-27-33-31(29)32-30(26-28-34-32)24-22-20-18-16-14-12-10-8-6-4-2;;;;/h25-27H,3-24H2,1-2H3;3*1H3;. The molecule has 0 radical (unpaired) electrons. The third kappa shape index (κ3) is 14.2. The molecule has 3 heteroatoms. The van der Waals surface area contributed by atoms with Crippen molar-refractivity contribution in [2.75, 3.05) is 0 Å². The third-order valence-corrected chi connectivity index (χ3v) is 19.8. The Bertz CT molecular complexity index is 825. The van der Waals surface area contributed by atoms with E-state index in [4.69, 9.17) is 0 Å². The van der Waals surface area contributed by atoms with E-state index in [1.165, 1.54) is 141 Å². The van der Waals surface area contributed by atoms with Crippen LogP contribution in [-0.4, -0.2) is 18.4 Å². The third-order valence-electron chi connectivity index (χ3n) is 8.10. The van der Waals surface area contributed by atoms with Gasteiger partial charge in [-0.15, -0.1) is 0 Å². The summed E-state index contributed by atoms with van der Waals surface area (Å²) in [4.78, 5) is 11.0. The van der Waals surface area contributed by atoms with E-state index in [2.05, 4.69) is 57.5 Å². The van der Waals surface area contributed by atoms with E-state index < -0.39 is 18.4 Å². The minimum absolute atomic E-state index is 1.28. The summed E-state index contributed by atoms with van der Waals surface area (Å²) >= 11 is 2.13. The number of unbranched alkanes of at least 4 members (excludes halogenated alkanes) is 18. The second kappa shape index (κ2) is 21.0. The van der Waals surface area contributed by atoms with Crippen LogP contribution in [-0.2, 0) is 12.8 Å². The van der Waals surface area contributed by atoms with Crippen LogP contribution in [0.1, 0.15) is 153 Å². The molecule has 0 spiro atoms. The Kier molecular flexibility index (Phi) is 19.0. The van der Waals surface area contributed by atoms with Gasteiger partial charge in [-0.3, -0.25) is 0 Å². The van der Waals surface area contributed by atoms with Crippen LogP contribution in [0.5, 0.6) is 0 Å². The van der Waals surface area contributed by atoms with E-state index in [-0.39, 0.29) is 0 Å². The summed E-state index contributed by atoms with van der Waals surface area (Å²) in [5.74, 6) is 0. The first-order valence-corrected chi connectivity index (χ1v) is 28.4. The van der Waals surface area contributed by atoms with Crippen LogP contribution in [0.3, 0.4) is 0 Å². The van der Waals surface area contributed by atoms with Gasteiger partial charge in [-0.2, -0.15) is 0 Å². The van der Waals surface area contributed by atoms with Crippen molar-refractivity contribution in [1.29, 1.82) is 0 Å². The fourth-order valence-corrected chi connectivity index (χ4v) is 13.2. The number of rotatable bonds is 24. The van der Waals surface area contributed by atoms with Crippen LogP contribution in [0.15, 0.2) is 17.5 Å².